The summed E-state index contributed by atoms with van der Waals surface area (Å²) >= 11 is 0. The molecule has 0 fully saturated rings. The molecule has 1 heteroatoms. The molecule has 0 unspecified atom stereocenters. The minimum atomic E-state index is -0.00287. The molecule has 1 aromatic carbocycles. The normalized spacial score (nSPS) is 10.8. The van der Waals surface area contributed by atoms with E-state index in [4.69, 9.17) is 0 Å². The van der Waals surface area contributed by atoms with Gasteiger partial charge in [0.1, 0.15) is 0 Å². The summed E-state index contributed by atoms with van der Waals surface area (Å²) in [5.41, 5.74) is 2.59. The summed E-state index contributed by atoms with van der Waals surface area (Å²) in [5.74, 6) is 0. The van der Waals surface area contributed by atoms with Crippen LogP contribution < -0.4 is 0 Å². The Morgan fingerprint density at radius 2 is 1.22 bits per heavy atom. The van der Waals surface area contributed by atoms with Crippen LogP contribution in [0, 0.1) is 0 Å². The van der Waals surface area contributed by atoms with Gasteiger partial charge in [-0.1, -0.05) is 69.7 Å². The Labute approximate surface area is 112 Å². The summed E-state index contributed by atoms with van der Waals surface area (Å²) in [4.78, 5) is 0. The first kappa shape index (κ1) is 15.2. The van der Waals surface area contributed by atoms with E-state index in [2.05, 4.69) is 31.2 Å². The molecule has 101 valence electrons. The number of benzene rings is 1. The molecule has 0 N–H and O–H groups in total. The van der Waals surface area contributed by atoms with Crippen LogP contribution in [-0.4, -0.2) is 6.61 Å². The second-order valence-electron chi connectivity index (χ2n) is 5.14. The predicted molar refractivity (Wildman–Crippen MR) is 77.4 cm³/mol. The lowest BCUT2D eigenvalue weighted by Crippen LogP contribution is -1.91. The first-order chi connectivity index (χ1) is 8.86. The minimum absolute atomic E-state index is 0.00287. The van der Waals surface area contributed by atoms with Crippen molar-refractivity contribution in [2.75, 3.05) is 6.61 Å². The molecule has 1 nitrogen and oxygen atoms in total. The molecule has 0 bridgehead atoms. The van der Waals surface area contributed by atoms with Crippen LogP contribution in [0.3, 0.4) is 0 Å². The fourth-order valence-corrected chi connectivity index (χ4v) is 2.28. The van der Waals surface area contributed by atoms with Crippen molar-refractivity contribution < 1.29 is 5.11 Å². The van der Waals surface area contributed by atoms with Crippen molar-refractivity contribution in [3.63, 3.8) is 0 Å². The number of unbranched alkanes of at least 4 members (excludes halogenated alkanes) is 6. The molecule has 0 aliphatic heterocycles. The molecule has 0 atom stereocenters. The molecule has 18 heavy (non-hydrogen) atoms. The van der Waals surface area contributed by atoms with E-state index in [1.807, 2.05) is 0 Å². The van der Waals surface area contributed by atoms with Gasteiger partial charge in [-0.3, -0.25) is 0 Å². The van der Waals surface area contributed by atoms with Gasteiger partial charge in [-0.15, -0.1) is 0 Å². The van der Waals surface area contributed by atoms with E-state index >= 15 is 0 Å². The highest BCUT2D eigenvalue weighted by Gasteiger charge is 1.96. The van der Waals surface area contributed by atoms with Gasteiger partial charge in [0.25, 0.3) is 0 Å². The van der Waals surface area contributed by atoms with Gasteiger partial charge >= 0.3 is 0 Å². The molecule has 1 aromatic rings. The maximum atomic E-state index is 10.5. The number of hydrogen-bond acceptors (Lipinski definition) is 0. The maximum Gasteiger partial charge on any atom is 0.0862 e. The van der Waals surface area contributed by atoms with Gasteiger partial charge in [-0.05, 0) is 30.4 Å². The predicted octanol–water partition coefficient (Wildman–Crippen LogP) is 4.95. The third-order valence-corrected chi connectivity index (χ3v) is 3.48. The van der Waals surface area contributed by atoms with Crippen molar-refractivity contribution >= 4 is 0 Å². The highest BCUT2D eigenvalue weighted by atomic mass is 16.2. The Morgan fingerprint density at radius 3 is 1.78 bits per heavy atom. The van der Waals surface area contributed by atoms with Crippen molar-refractivity contribution in [3.8, 4) is 0 Å². The molecule has 0 aliphatic carbocycles. The fraction of sp³-hybridized carbons (Fsp3) is 0.647. The summed E-state index contributed by atoms with van der Waals surface area (Å²) in [5, 5.41) is 10.5. The lowest BCUT2D eigenvalue weighted by atomic mass is 10.0. The summed E-state index contributed by atoms with van der Waals surface area (Å²) in [6.07, 6.45) is 11.4. The zero-order valence-corrected chi connectivity index (χ0v) is 11.8. The molecule has 0 spiro atoms. The first-order valence-electron chi connectivity index (χ1n) is 7.52. The van der Waals surface area contributed by atoms with E-state index in [1.54, 1.807) is 0 Å². The van der Waals surface area contributed by atoms with Gasteiger partial charge in [0.2, 0.25) is 0 Å². The van der Waals surface area contributed by atoms with Crippen LogP contribution in [0.25, 0.3) is 0 Å². The summed E-state index contributed by atoms with van der Waals surface area (Å²) in [6, 6.07) is 8.58. The number of aryl methyl sites for hydroxylation is 1. The molecule has 0 aliphatic rings. The average molecular weight is 247 g/mol. The highest BCUT2D eigenvalue weighted by Crippen LogP contribution is 2.11. The van der Waals surface area contributed by atoms with Gasteiger partial charge in [-0.25, -0.2) is 5.11 Å². The van der Waals surface area contributed by atoms with Crippen LogP contribution >= 0.6 is 0 Å². The summed E-state index contributed by atoms with van der Waals surface area (Å²) < 4.78 is 0. The first-order valence-corrected chi connectivity index (χ1v) is 7.52. The molecule has 1 radical (unpaired) electrons. The molecule has 0 amide bonds. The van der Waals surface area contributed by atoms with Gasteiger partial charge in [0, 0.05) is 0 Å². The molecule has 0 saturated carbocycles. The number of hydrogen-bond donors (Lipinski definition) is 0. The Kier molecular flexibility index (Phi) is 8.58. The quantitative estimate of drug-likeness (QED) is 0.521. The van der Waals surface area contributed by atoms with Crippen LogP contribution in [0.5, 0.6) is 0 Å². The Morgan fingerprint density at radius 1 is 0.722 bits per heavy atom. The molecule has 0 saturated heterocycles. The minimum Gasteiger partial charge on any atom is -0.236 e. The van der Waals surface area contributed by atoms with Crippen molar-refractivity contribution in [1.29, 1.82) is 0 Å². The SMILES string of the molecule is CCCCCCCCCc1ccc(CC[O])cc1. The number of rotatable bonds is 10. The zero-order valence-electron chi connectivity index (χ0n) is 11.8. The van der Waals surface area contributed by atoms with Crippen LogP contribution in [0.2, 0.25) is 0 Å². The van der Waals surface area contributed by atoms with Crippen LogP contribution in [0.4, 0.5) is 0 Å². The van der Waals surface area contributed by atoms with Gasteiger partial charge in [0.05, 0.1) is 6.61 Å². The third-order valence-electron chi connectivity index (χ3n) is 3.48. The summed E-state index contributed by atoms with van der Waals surface area (Å²) in [6.45, 7) is 2.26. The van der Waals surface area contributed by atoms with E-state index in [1.165, 1.54) is 62.5 Å². The molecule has 0 aromatic heterocycles. The lowest BCUT2D eigenvalue weighted by molar-refractivity contribution is 0.197. The summed E-state index contributed by atoms with van der Waals surface area (Å²) in [7, 11) is 0. The van der Waals surface area contributed by atoms with Crippen LogP contribution in [0.15, 0.2) is 24.3 Å². The van der Waals surface area contributed by atoms with Gasteiger partial charge in [-0.2, -0.15) is 0 Å². The van der Waals surface area contributed by atoms with Crippen LogP contribution in [0.1, 0.15) is 63.0 Å². The highest BCUT2D eigenvalue weighted by molar-refractivity contribution is 5.22. The lowest BCUT2D eigenvalue weighted by Gasteiger charge is -2.03. The standard InChI is InChI=1S/C17H27O/c1-2-3-4-5-6-7-8-9-16-10-12-17(13-11-16)14-15-18/h10-13H,2-9,14-15H2,1H3. The van der Waals surface area contributed by atoms with E-state index in [-0.39, 0.29) is 6.61 Å². The largest absolute Gasteiger partial charge is 0.236 e. The second-order valence-corrected chi connectivity index (χ2v) is 5.14. The smallest absolute Gasteiger partial charge is 0.0862 e. The molecule has 1 rings (SSSR count). The Bertz CT molecular complexity index is 289. The van der Waals surface area contributed by atoms with E-state index < -0.39 is 0 Å². The topological polar surface area (TPSA) is 19.9 Å². The maximum absolute atomic E-state index is 10.5. The zero-order chi connectivity index (χ0) is 13.1. The third kappa shape index (κ3) is 6.80. The van der Waals surface area contributed by atoms with Crippen molar-refractivity contribution in [2.45, 2.75) is 64.7 Å². The molecular formula is C17H27O. The van der Waals surface area contributed by atoms with Crippen LogP contribution in [-0.2, 0) is 17.9 Å². The van der Waals surface area contributed by atoms with Gasteiger partial charge < -0.3 is 0 Å². The Hall–Kier alpha value is -0.820. The van der Waals surface area contributed by atoms with E-state index in [0.717, 1.165) is 0 Å². The Balaban J connectivity index is 2.08. The van der Waals surface area contributed by atoms with Crippen molar-refractivity contribution in [3.05, 3.63) is 35.4 Å². The van der Waals surface area contributed by atoms with E-state index in [0.29, 0.717) is 6.42 Å². The van der Waals surface area contributed by atoms with Crippen molar-refractivity contribution in [1.82, 2.24) is 0 Å². The monoisotopic (exact) mass is 247 g/mol. The van der Waals surface area contributed by atoms with Crippen molar-refractivity contribution in [2.24, 2.45) is 0 Å². The van der Waals surface area contributed by atoms with E-state index in [9.17, 15) is 5.11 Å². The molecular weight excluding hydrogens is 220 g/mol. The average Bonchev–Trinajstić information content (AvgIpc) is 2.40. The fourth-order valence-electron chi connectivity index (χ4n) is 2.28. The second kappa shape index (κ2) is 10.1. The van der Waals surface area contributed by atoms with Gasteiger partial charge in [0.15, 0.2) is 0 Å². The molecule has 0 heterocycles.